The third kappa shape index (κ3) is 4.81. The van der Waals surface area contributed by atoms with Gasteiger partial charge in [-0.2, -0.15) is 0 Å². The predicted octanol–water partition coefficient (Wildman–Crippen LogP) is 2.90. The first-order valence-corrected chi connectivity index (χ1v) is 8.39. The SMILES string of the molecule is CCCCN=C(NCC)NC1CCN(c2c(F)cccc2F)C1. The zero-order valence-corrected chi connectivity index (χ0v) is 13.9. The highest BCUT2D eigenvalue weighted by Crippen LogP contribution is 2.26. The van der Waals surface area contributed by atoms with Crippen LogP contribution in [0, 0.1) is 11.6 Å². The van der Waals surface area contributed by atoms with Crippen molar-refractivity contribution in [3.8, 4) is 0 Å². The van der Waals surface area contributed by atoms with Gasteiger partial charge in [0.25, 0.3) is 0 Å². The third-order valence-corrected chi connectivity index (χ3v) is 3.91. The van der Waals surface area contributed by atoms with E-state index in [0.29, 0.717) is 13.1 Å². The molecule has 0 aliphatic carbocycles. The molecule has 23 heavy (non-hydrogen) atoms. The Hall–Kier alpha value is -1.85. The number of para-hydroxylation sites is 1. The lowest BCUT2D eigenvalue weighted by molar-refractivity contribution is 0.576. The number of benzene rings is 1. The number of guanidine groups is 1. The fourth-order valence-electron chi connectivity index (χ4n) is 2.73. The molecule has 1 aromatic carbocycles. The molecule has 4 nitrogen and oxygen atoms in total. The van der Waals surface area contributed by atoms with Crippen LogP contribution in [0.4, 0.5) is 14.5 Å². The first-order chi connectivity index (χ1) is 11.2. The molecule has 1 aliphatic rings. The Morgan fingerprint density at radius 2 is 2.04 bits per heavy atom. The van der Waals surface area contributed by atoms with E-state index >= 15 is 0 Å². The number of rotatable bonds is 6. The average Bonchev–Trinajstić information content (AvgIpc) is 2.95. The van der Waals surface area contributed by atoms with Gasteiger partial charge in [0.05, 0.1) is 0 Å². The normalized spacial score (nSPS) is 18.3. The Morgan fingerprint density at radius 1 is 1.30 bits per heavy atom. The summed E-state index contributed by atoms with van der Waals surface area (Å²) in [7, 11) is 0. The molecule has 1 aromatic rings. The summed E-state index contributed by atoms with van der Waals surface area (Å²) in [4.78, 5) is 6.29. The van der Waals surface area contributed by atoms with E-state index in [9.17, 15) is 8.78 Å². The summed E-state index contributed by atoms with van der Waals surface area (Å²) in [6, 6.07) is 4.13. The van der Waals surface area contributed by atoms with Gasteiger partial charge >= 0.3 is 0 Å². The van der Waals surface area contributed by atoms with E-state index in [2.05, 4.69) is 22.5 Å². The number of unbranched alkanes of at least 4 members (excludes halogenated alkanes) is 1. The Labute approximate surface area is 137 Å². The molecule has 1 heterocycles. The quantitative estimate of drug-likeness (QED) is 0.480. The first kappa shape index (κ1) is 17.5. The van der Waals surface area contributed by atoms with Crippen LogP contribution in [0.1, 0.15) is 33.1 Å². The van der Waals surface area contributed by atoms with Gasteiger partial charge < -0.3 is 15.5 Å². The summed E-state index contributed by atoms with van der Waals surface area (Å²) >= 11 is 0. The molecule has 1 unspecified atom stereocenters. The summed E-state index contributed by atoms with van der Waals surface area (Å²) in [6.45, 7) is 6.92. The van der Waals surface area contributed by atoms with Crippen LogP contribution in [-0.4, -0.2) is 38.2 Å². The molecular weight excluding hydrogens is 298 g/mol. The number of nitrogens with one attached hydrogen (secondary N) is 2. The predicted molar refractivity (Wildman–Crippen MR) is 91.0 cm³/mol. The highest BCUT2D eigenvalue weighted by atomic mass is 19.1. The maximum Gasteiger partial charge on any atom is 0.191 e. The molecular formula is C17H26F2N4. The van der Waals surface area contributed by atoms with Crippen molar-refractivity contribution in [1.82, 2.24) is 10.6 Å². The number of aliphatic imine (C=N–C) groups is 1. The second kappa shape index (κ2) is 8.70. The molecule has 2 rings (SSSR count). The highest BCUT2D eigenvalue weighted by Gasteiger charge is 2.27. The van der Waals surface area contributed by atoms with E-state index in [1.807, 2.05) is 6.92 Å². The lowest BCUT2D eigenvalue weighted by Gasteiger charge is -2.21. The Morgan fingerprint density at radius 3 is 2.70 bits per heavy atom. The number of anilines is 1. The van der Waals surface area contributed by atoms with Crippen molar-refractivity contribution in [3.63, 3.8) is 0 Å². The molecule has 128 valence electrons. The Balaban J connectivity index is 1.97. The molecule has 0 spiro atoms. The molecule has 0 saturated carbocycles. The number of hydrogen-bond acceptors (Lipinski definition) is 2. The van der Waals surface area contributed by atoms with E-state index in [1.54, 1.807) is 4.90 Å². The molecule has 1 saturated heterocycles. The zero-order valence-electron chi connectivity index (χ0n) is 13.9. The van der Waals surface area contributed by atoms with E-state index < -0.39 is 11.6 Å². The molecule has 6 heteroatoms. The van der Waals surface area contributed by atoms with Crippen LogP contribution in [0.2, 0.25) is 0 Å². The van der Waals surface area contributed by atoms with E-state index in [4.69, 9.17) is 0 Å². The monoisotopic (exact) mass is 324 g/mol. The Kier molecular flexibility index (Phi) is 6.62. The van der Waals surface area contributed by atoms with Gasteiger partial charge in [-0.1, -0.05) is 19.4 Å². The minimum Gasteiger partial charge on any atom is -0.365 e. The summed E-state index contributed by atoms with van der Waals surface area (Å²) in [6.07, 6.45) is 2.98. The van der Waals surface area contributed by atoms with Gasteiger partial charge in [-0.05, 0) is 31.9 Å². The summed E-state index contributed by atoms with van der Waals surface area (Å²) in [5.74, 6) is -0.231. The second-order valence-electron chi connectivity index (χ2n) is 5.76. The molecule has 0 radical (unpaired) electrons. The first-order valence-electron chi connectivity index (χ1n) is 8.39. The summed E-state index contributed by atoms with van der Waals surface area (Å²) < 4.78 is 27.8. The van der Waals surface area contributed by atoms with Crippen molar-refractivity contribution in [2.75, 3.05) is 31.1 Å². The van der Waals surface area contributed by atoms with Crippen molar-refractivity contribution in [3.05, 3.63) is 29.8 Å². The van der Waals surface area contributed by atoms with Gasteiger partial charge in [0.2, 0.25) is 0 Å². The molecule has 0 aromatic heterocycles. The fraction of sp³-hybridized carbons (Fsp3) is 0.588. The van der Waals surface area contributed by atoms with Crippen LogP contribution in [0.5, 0.6) is 0 Å². The molecule has 0 amide bonds. The summed E-state index contributed by atoms with van der Waals surface area (Å²) in [5, 5.41) is 6.58. The number of nitrogens with zero attached hydrogens (tertiary/aromatic N) is 2. The standard InChI is InChI=1S/C17H26F2N4/c1-3-5-10-21-17(20-4-2)22-13-9-11-23(12-13)16-14(18)7-6-8-15(16)19/h6-8,13H,3-5,9-12H2,1-2H3,(H2,20,21,22). The van der Waals surface area contributed by atoms with Gasteiger partial charge in [-0.15, -0.1) is 0 Å². The van der Waals surface area contributed by atoms with Gasteiger partial charge in [-0.25, -0.2) is 8.78 Å². The average molecular weight is 324 g/mol. The third-order valence-electron chi connectivity index (χ3n) is 3.91. The zero-order chi connectivity index (χ0) is 16.7. The fourth-order valence-corrected chi connectivity index (χ4v) is 2.73. The van der Waals surface area contributed by atoms with E-state index in [-0.39, 0.29) is 11.7 Å². The van der Waals surface area contributed by atoms with Crippen LogP contribution in [0.25, 0.3) is 0 Å². The minimum atomic E-state index is -0.505. The topological polar surface area (TPSA) is 39.7 Å². The van der Waals surface area contributed by atoms with Crippen LogP contribution >= 0.6 is 0 Å². The van der Waals surface area contributed by atoms with Crippen LogP contribution in [0.15, 0.2) is 23.2 Å². The molecule has 1 fully saturated rings. The van der Waals surface area contributed by atoms with Crippen molar-refractivity contribution in [1.29, 1.82) is 0 Å². The summed E-state index contributed by atoms with van der Waals surface area (Å²) in [5.41, 5.74) is 0.0738. The molecule has 2 N–H and O–H groups in total. The van der Waals surface area contributed by atoms with Crippen LogP contribution in [0.3, 0.4) is 0 Å². The van der Waals surface area contributed by atoms with Crippen LogP contribution in [-0.2, 0) is 0 Å². The second-order valence-corrected chi connectivity index (χ2v) is 5.76. The largest absolute Gasteiger partial charge is 0.365 e. The van der Waals surface area contributed by atoms with Gasteiger partial charge in [0, 0.05) is 32.2 Å². The van der Waals surface area contributed by atoms with Crippen LogP contribution < -0.4 is 15.5 Å². The Bertz CT molecular complexity index is 513. The van der Waals surface area contributed by atoms with E-state index in [0.717, 1.165) is 38.3 Å². The van der Waals surface area contributed by atoms with Gasteiger partial charge in [0.1, 0.15) is 17.3 Å². The van der Waals surface area contributed by atoms with Gasteiger partial charge in [0.15, 0.2) is 5.96 Å². The van der Waals surface area contributed by atoms with Gasteiger partial charge in [-0.3, -0.25) is 4.99 Å². The molecule has 1 atom stereocenters. The van der Waals surface area contributed by atoms with Crippen molar-refractivity contribution < 1.29 is 8.78 Å². The molecule has 1 aliphatic heterocycles. The number of hydrogen-bond donors (Lipinski definition) is 2. The van der Waals surface area contributed by atoms with Crippen molar-refractivity contribution >= 4 is 11.6 Å². The lowest BCUT2D eigenvalue weighted by atomic mass is 10.2. The van der Waals surface area contributed by atoms with E-state index in [1.165, 1.54) is 18.2 Å². The lowest BCUT2D eigenvalue weighted by Crippen LogP contribution is -2.44. The number of halogens is 2. The smallest absolute Gasteiger partial charge is 0.191 e. The van der Waals surface area contributed by atoms with Crippen molar-refractivity contribution in [2.45, 2.75) is 39.2 Å². The highest BCUT2D eigenvalue weighted by molar-refractivity contribution is 5.80. The minimum absolute atomic E-state index is 0.0738. The maximum absolute atomic E-state index is 13.9. The van der Waals surface area contributed by atoms with Crippen molar-refractivity contribution in [2.24, 2.45) is 4.99 Å². The molecule has 0 bridgehead atoms. The maximum atomic E-state index is 13.9.